The van der Waals surface area contributed by atoms with E-state index in [1.807, 2.05) is 0 Å². The van der Waals surface area contributed by atoms with Gasteiger partial charge < -0.3 is 19.0 Å². The largest absolute Gasteiger partial charge is 0.467 e. The third-order valence-corrected chi connectivity index (χ3v) is 4.78. The quantitative estimate of drug-likeness (QED) is 0.679. The second-order valence-electron chi connectivity index (χ2n) is 6.80. The molecule has 1 aromatic carbocycles. The summed E-state index contributed by atoms with van der Waals surface area (Å²) < 4.78 is 10.7. The number of para-hydroxylation sites is 1. The maximum atomic E-state index is 12.5. The highest BCUT2D eigenvalue weighted by Crippen LogP contribution is 2.24. The van der Waals surface area contributed by atoms with E-state index in [1.165, 1.54) is 0 Å². The first-order valence-corrected chi connectivity index (χ1v) is 9.01. The van der Waals surface area contributed by atoms with Gasteiger partial charge in [-0.25, -0.2) is 4.98 Å². The summed E-state index contributed by atoms with van der Waals surface area (Å²) >= 11 is 0. The Kier molecular flexibility index (Phi) is 4.68. The maximum Gasteiger partial charge on any atom is 0.311 e. The highest BCUT2D eigenvalue weighted by atomic mass is 16.5. The Labute approximate surface area is 160 Å². The molecule has 8 heteroatoms. The molecule has 0 spiro atoms. The number of esters is 1. The fourth-order valence-electron chi connectivity index (χ4n) is 3.30. The molecule has 1 amide bonds. The molecule has 0 bridgehead atoms. The lowest BCUT2D eigenvalue weighted by Crippen LogP contribution is -2.27. The Hall–Kier alpha value is -3.42. The van der Waals surface area contributed by atoms with Gasteiger partial charge in [-0.1, -0.05) is 12.1 Å². The summed E-state index contributed by atoms with van der Waals surface area (Å²) in [7, 11) is 0. The molecule has 8 nitrogen and oxygen atoms in total. The van der Waals surface area contributed by atoms with Crippen molar-refractivity contribution in [3.63, 3.8) is 0 Å². The van der Waals surface area contributed by atoms with E-state index in [9.17, 15) is 14.4 Å². The number of hydrogen-bond donors (Lipinski definition) is 1. The number of carbonyl (C=O) groups is 2. The van der Waals surface area contributed by atoms with E-state index in [2.05, 4.69) is 9.97 Å². The molecular weight excluding hydrogens is 362 g/mol. The molecule has 1 aliphatic heterocycles. The first-order valence-electron chi connectivity index (χ1n) is 9.01. The van der Waals surface area contributed by atoms with Crippen LogP contribution in [0.4, 0.5) is 0 Å². The van der Waals surface area contributed by atoms with Crippen molar-refractivity contribution in [3.05, 3.63) is 64.6 Å². The molecule has 0 saturated carbocycles. The Balaban J connectivity index is 1.43. The van der Waals surface area contributed by atoms with E-state index in [1.54, 1.807) is 54.5 Å². The van der Waals surface area contributed by atoms with Crippen LogP contribution in [0.5, 0.6) is 0 Å². The van der Waals surface area contributed by atoms with Crippen LogP contribution in [-0.2, 0) is 20.9 Å². The summed E-state index contributed by atoms with van der Waals surface area (Å²) in [4.78, 5) is 45.5. The van der Waals surface area contributed by atoms with E-state index < -0.39 is 18.0 Å². The number of aromatic amines is 1. The van der Waals surface area contributed by atoms with Crippen molar-refractivity contribution in [1.29, 1.82) is 0 Å². The fourth-order valence-corrected chi connectivity index (χ4v) is 3.30. The van der Waals surface area contributed by atoms with Crippen molar-refractivity contribution in [3.8, 4) is 0 Å². The first kappa shape index (κ1) is 18.0. The van der Waals surface area contributed by atoms with Crippen LogP contribution in [0.15, 0.2) is 51.9 Å². The van der Waals surface area contributed by atoms with E-state index in [4.69, 9.17) is 9.15 Å². The molecule has 0 aliphatic carbocycles. The van der Waals surface area contributed by atoms with Gasteiger partial charge in [0.15, 0.2) is 11.9 Å². The predicted octanol–water partition coefficient (Wildman–Crippen LogP) is 2.17. The second kappa shape index (κ2) is 7.30. The summed E-state index contributed by atoms with van der Waals surface area (Å²) in [6.07, 6.45) is 0.896. The average molecular weight is 381 g/mol. The molecular formula is C20H19N3O5. The zero-order chi connectivity index (χ0) is 19.7. The number of rotatable bonds is 5. The molecule has 2 atom stereocenters. The zero-order valence-corrected chi connectivity index (χ0v) is 15.3. The summed E-state index contributed by atoms with van der Waals surface area (Å²) in [5, 5.41) is 0.472. The number of amides is 1. The lowest BCUT2D eigenvalue weighted by molar-refractivity contribution is -0.153. The average Bonchev–Trinajstić information content (AvgIpc) is 3.32. The van der Waals surface area contributed by atoms with Crippen LogP contribution in [0, 0.1) is 5.92 Å². The monoisotopic (exact) mass is 381 g/mol. The molecule has 2 aromatic heterocycles. The lowest BCUT2D eigenvalue weighted by atomic mass is 10.1. The molecule has 0 radical (unpaired) electrons. The maximum absolute atomic E-state index is 12.5. The minimum absolute atomic E-state index is 0.0912. The number of H-pyrrole nitrogens is 1. The van der Waals surface area contributed by atoms with Crippen molar-refractivity contribution in [2.45, 2.75) is 26.0 Å². The molecule has 144 valence electrons. The number of carbonyl (C=O) groups excluding carboxylic acids is 2. The van der Waals surface area contributed by atoms with Gasteiger partial charge in [0, 0.05) is 13.0 Å². The fraction of sp³-hybridized carbons (Fsp3) is 0.300. The van der Waals surface area contributed by atoms with Crippen LogP contribution in [0.1, 0.15) is 31.0 Å². The minimum atomic E-state index is -0.737. The SMILES string of the molecule is C[C@@H](OC(=O)[C@H]1CC(=O)N(Cc2ccco2)C1)c1nc2ccccc2c(=O)[nH]1. The second-order valence-corrected chi connectivity index (χ2v) is 6.80. The summed E-state index contributed by atoms with van der Waals surface area (Å²) in [6, 6.07) is 10.5. The molecule has 1 saturated heterocycles. The van der Waals surface area contributed by atoms with Gasteiger partial charge in [0.1, 0.15) is 5.76 Å². The predicted molar refractivity (Wildman–Crippen MR) is 99.1 cm³/mol. The van der Waals surface area contributed by atoms with Crippen LogP contribution in [0.25, 0.3) is 10.9 Å². The van der Waals surface area contributed by atoms with Gasteiger partial charge in [0.25, 0.3) is 5.56 Å². The van der Waals surface area contributed by atoms with Gasteiger partial charge in [-0.2, -0.15) is 0 Å². The molecule has 4 rings (SSSR count). The topological polar surface area (TPSA) is 106 Å². The Morgan fingerprint density at radius 1 is 1.32 bits per heavy atom. The number of fused-ring (bicyclic) bond motifs is 1. The van der Waals surface area contributed by atoms with Crippen molar-refractivity contribution in [1.82, 2.24) is 14.9 Å². The van der Waals surface area contributed by atoms with E-state index in [-0.39, 0.29) is 30.3 Å². The van der Waals surface area contributed by atoms with Crippen LogP contribution in [0.2, 0.25) is 0 Å². The molecule has 1 aliphatic rings. The van der Waals surface area contributed by atoms with E-state index >= 15 is 0 Å². The minimum Gasteiger partial charge on any atom is -0.467 e. The number of hydrogen-bond acceptors (Lipinski definition) is 6. The smallest absolute Gasteiger partial charge is 0.311 e. The number of nitrogens with one attached hydrogen (secondary N) is 1. The summed E-state index contributed by atoms with van der Waals surface area (Å²) in [5.74, 6) is -0.235. The Morgan fingerprint density at radius 3 is 2.93 bits per heavy atom. The van der Waals surface area contributed by atoms with Crippen molar-refractivity contribution >= 4 is 22.8 Å². The van der Waals surface area contributed by atoms with Gasteiger partial charge in [-0.15, -0.1) is 0 Å². The van der Waals surface area contributed by atoms with Crippen LogP contribution in [0.3, 0.4) is 0 Å². The Bertz CT molecular complexity index is 1070. The lowest BCUT2D eigenvalue weighted by Gasteiger charge is -2.17. The number of nitrogens with zero attached hydrogens (tertiary/aromatic N) is 2. The summed E-state index contributed by atoms with van der Waals surface area (Å²) in [5.41, 5.74) is 0.244. The molecule has 3 heterocycles. The number of ether oxygens (including phenoxy) is 1. The zero-order valence-electron chi connectivity index (χ0n) is 15.3. The molecule has 1 N–H and O–H groups in total. The van der Waals surface area contributed by atoms with Crippen molar-refractivity contribution < 1.29 is 18.7 Å². The van der Waals surface area contributed by atoms with Gasteiger partial charge >= 0.3 is 5.97 Å². The van der Waals surface area contributed by atoms with Crippen LogP contribution < -0.4 is 5.56 Å². The van der Waals surface area contributed by atoms with Crippen LogP contribution >= 0.6 is 0 Å². The highest BCUT2D eigenvalue weighted by Gasteiger charge is 2.36. The normalized spacial score (nSPS) is 17.8. The molecule has 28 heavy (non-hydrogen) atoms. The van der Waals surface area contributed by atoms with Crippen molar-refractivity contribution in [2.24, 2.45) is 5.92 Å². The first-order chi connectivity index (χ1) is 13.5. The van der Waals surface area contributed by atoms with E-state index in [0.717, 1.165) is 0 Å². The Morgan fingerprint density at radius 2 is 2.14 bits per heavy atom. The number of benzene rings is 1. The third-order valence-electron chi connectivity index (χ3n) is 4.78. The van der Waals surface area contributed by atoms with Gasteiger partial charge in [0.2, 0.25) is 5.91 Å². The van der Waals surface area contributed by atoms with Gasteiger partial charge in [-0.3, -0.25) is 14.4 Å². The van der Waals surface area contributed by atoms with Crippen LogP contribution in [-0.4, -0.2) is 33.3 Å². The molecule has 0 unspecified atom stereocenters. The summed E-state index contributed by atoms with van der Waals surface area (Å²) in [6.45, 7) is 2.24. The number of likely N-dealkylation sites (tertiary alicyclic amines) is 1. The van der Waals surface area contributed by atoms with Gasteiger partial charge in [-0.05, 0) is 31.2 Å². The number of furan rings is 1. The molecule has 1 fully saturated rings. The van der Waals surface area contributed by atoms with Crippen molar-refractivity contribution in [2.75, 3.05) is 6.54 Å². The highest BCUT2D eigenvalue weighted by molar-refractivity contribution is 5.86. The van der Waals surface area contributed by atoms with Gasteiger partial charge in [0.05, 0.1) is 29.6 Å². The number of aromatic nitrogens is 2. The van der Waals surface area contributed by atoms with E-state index in [0.29, 0.717) is 23.2 Å². The standard InChI is InChI=1S/C20H19N3O5/c1-12(18-21-16-7-3-2-6-15(16)19(25)22-18)28-20(26)13-9-17(24)23(10-13)11-14-5-4-8-27-14/h2-8,12-13H,9-11H2,1H3,(H,21,22,25)/t12-,13+/m1/s1. The third kappa shape index (κ3) is 3.53. The molecule has 3 aromatic rings.